The summed E-state index contributed by atoms with van der Waals surface area (Å²) < 4.78 is 21.1. The van der Waals surface area contributed by atoms with Crippen LogP contribution in [0.5, 0.6) is 5.75 Å². The number of hydrogen-bond donors (Lipinski definition) is 2. The lowest BCUT2D eigenvalue weighted by molar-refractivity contribution is 0.0919. The molecule has 1 amide bonds. The number of anilines is 2. The van der Waals surface area contributed by atoms with Crippen molar-refractivity contribution in [2.24, 2.45) is 5.92 Å². The third-order valence-electron chi connectivity index (χ3n) is 7.40. The van der Waals surface area contributed by atoms with E-state index in [2.05, 4.69) is 15.2 Å². The second-order valence-electron chi connectivity index (χ2n) is 9.48. The molecule has 6 rings (SSSR count). The minimum Gasteiger partial charge on any atom is -0.491 e. The number of nitrogens with one attached hydrogen (secondary N) is 1. The van der Waals surface area contributed by atoms with Gasteiger partial charge in [-0.2, -0.15) is 0 Å². The van der Waals surface area contributed by atoms with E-state index in [-0.39, 0.29) is 17.8 Å². The molecule has 1 saturated heterocycles. The van der Waals surface area contributed by atoms with Crippen LogP contribution in [0.25, 0.3) is 10.2 Å². The number of nitrogen functional groups attached to an aromatic ring is 1. The molecule has 3 atom stereocenters. The number of rotatable bonds is 3. The molecular weight excluding hydrogens is 439 g/mol. The minimum absolute atomic E-state index is 0.260. The number of hydrogen-bond acceptors (Lipinski definition) is 6. The highest BCUT2D eigenvalue weighted by atomic mass is 32.1. The summed E-state index contributed by atoms with van der Waals surface area (Å²) in [6.07, 6.45) is 5.31. The Kier molecular flexibility index (Phi) is 4.94. The minimum atomic E-state index is -0.323. The summed E-state index contributed by atoms with van der Waals surface area (Å²) in [6.45, 7) is 3.19. The Morgan fingerprint density at radius 3 is 3.06 bits per heavy atom. The van der Waals surface area contributed by atoms with Crippen molar-refractivity contribution in [2.45, 2.75) is 51.1 Å². The van der Waals surface area contributed by atoms with Gasteiger partial charge in [0.15, 0.2) is 0 Å². The van der Waals surface area contributed by atoms with Crippen molar-refractivity contribution in [3.63, 3.8) is 0 Å². The topological polar surface area (TPSA) is 80.5 Å². The maximum atomic E-state index is 15.2. The van der Waals surface area contributed by atoms with Gasteiger partial charge in [-0.25, -0.2) is 9.37 Å². The fourth-order valence-corrected chi connectivity index (χ4v) is 6.79. The number of carbonyl (C=O) groups is 1. The number of carbonyl (C=O) groups excluding carboxylic acids is 1. The highest BCUT2D eigenvalue weighted by Gasteiger charge is 2.38. The molecule has 3 aliphatic rings. The molecule has 3 aromatic rings. The van der Waals surface area contributed by atoms with Crippen LogP contribution in [-0.4, -0.2) is 36.1 Å². The molecule has 1 aliphatic carbocycles. The van der Waals surface area contributed by atoms with E-state index in [1.165, 1.54) is 37.0 Å². The predicted octanol–water partition coefficient (Wildman–Crippen LogP) is 4.44. The fourth-order valence-electron chi connectivity index (χ4n) is 5.74. The van der Waals surface area contributed by atoms with E-state index in [4.69, 9.17) is 10.5 Å². The number of aromatic nitrogens is 1. The second kappa shape index (κ2) is 7.87. The Hall–Kier alpha value is -2.87. The molecule has 0 radical (unpaired) electrons. The summed E-state index contributed by atoms with van der Waals surface area (Å²) >= 11 is 1.28. The highest BCUT2D eigenvalue weighted by Crippen LogP contribution is 2.42. The molecule has 3 N–H and O–H groups in total. The van der Waals surface area contributed by atoms with Crippen molar-refractivity contribution in [1.82, 2.24) is 10.3 Å². The fraction of sp³-hybridized carbons (Fsp3) is 0.440. The molecule has 0 bridgehead atoms. The third kappa shape index (κ3) is 3.51. The van der Waals surface area contributed by atoms with Crippen molar-refractivity contribution in [1.29, 1.82) is 0 Å². The van der Waals surface area contributed by atoms with Crippen LogP contribution in [0.2, 0.25) is 0 Å². The molecule has 2 aliphatic heterocycles. The smallest absolute Gasteiger partial charge is 0.263 e. The molecule has 6 nitrogen and oxygen atoms in total. The van der Waals surface area contributed by atoms with Crippen molar-refractivity contribution >= 4 is 38.8 Å². The van der Waals surface area contributed by atoms with Crippen molar-refractivity contribution in [2.75, 3.05) is 23.8 Å². The molecule has 1 aromatic carbocycles. The summed E-state index contributed by atoms with van der Waals surface area (Å²) in [4.78, 5) is 21.0. The second-order valence-corrected chi connectivity index (χ2v) is 10.5. The van der Waals surface area contributed by atoms with Crippen molar-refractivity contribution in [3.8, 4) is 5.75 Å². The zero-order chi connectivity index (χ0) is 22.7. The van der Waals surface area contributed by atoms with E-state index in [0.717, 1.165) is 34.1 Å². The van der Waals surface area contributed by atoms with Crippen LogP contribution >= 0.6 is 11.3 Å². The van der Waals surface area contributed by atoms with Gasteiger partial charge in [0, 0.05) is 47.4 Å². The summed E-state index contributed by atoms with van der Waals surface area (Å²) in [5, 5.41) is 3.76. The number of pyridine rings is 1. The van der Waals surface area contributed by atoms with Gasteiger partial charge in [0.25, 0.3) is 5.91 Å². The Bertz CT molecular complexity index is 1260. The number of aryl methyl sites for hydroxylation is 1. The van der Waals surface area contributed by atoms with Crippen molar-refractivity contribution < 1.29 is 13.9 Å². The van der Waals surface area contributed by atoms with Gasteiger partial charge in [0.05, 0.1) is 11.7 Å². The van der Waals surface area contributed by atoms with Crippen LogP contribution in [0, 0.1) is 18.7 Å². The quantitative estimate of drug-likeness (QED) is 0.597. The largest absolute Gasteiger partial charge is 0.491 e. The average Bonchev–Trinajstić information content (AvgIpc) is 3.49. The van der Waals surface area contributed by atoms with E-state index >= 15 is 4.39 Å². The molecule has 172 valence electrons. The van der Waals surface area contributed by atoms with Gasteiger partial charge in [0.2, 0.25) is 0 Å². The van der Waals surface area contributed by atoms with Crippen LogP contribution in [0.15, 0.2) is 24.3 Å². The van der Waals surface area contributed by atoms with Gasteiger partial charge >= 0.3 is 0 Å². The molecule has 4 heterocycles. The van der Waals surface area contributed by atoms with Crippen LogP contribution in [-0.2, 0) is 6.42 Å². The average molecular weight is 467 g/mol. The molecule has 1 saturated carbocycles. The maximum Gasteiger partial charge on any atom is 0.263 e. The van der Waals surface area contributed by atoms with Crippen LogP contribution in [0.4, 0.5) is 15.8 Å². The van der Waals surface area contributed by atoms with Gasteiger partial charge in [0.1, 0.15) is 27.9 Å². The standard InChI is InChI=1S/C25H27FN4O2S/c1-13-5-6-17-22(27)23(33-25(17)28-13)24(31)29-15-9-18-19(26)10-16(11-21(18)32-12-15)30-8-7-14-3-2-4-20(14)30/h5-6,10-11,14-15,20H,2-4,7-9,12,27H2,1H3,(H,29,31)/t14-,15-,20-/m1/s1. The Morgan fingerprint density at radius 2 is 2.18 bits per heavy atom. The Labute approximate surface area is 195 Å². The van der Waals surface area contributed by atoms with Crippen molar-refractivity contribution in [3.05, 3.63) is 46.2 Å². The normalized spacial score (nSPS) is 23.9. The summed E-state index contributed by atoms with van der Waals surface area (Å²) in [7, 11) is 0. The van der Waals surface area contributed by atoms with Gasteiger partial charge in [-0.1, -0.05) is 6.42 Å². The number of amides is 1. The number of nitrogens with zero attached hydrogens (tertiary/aromatic N) is 2. The lowest BCUT2D eigenvalue weighted by Gasteiger charge is -2.30. The first-order chi connectivity index (χ1) is 16.0. The summed E-state index contributed by atoms with van der Waals surface area (Å²) in [5.41, 5.74) is 8.98. The summed E-state index contributed by atoms with van der Waals surface area (Å²) in [5.74, 6) is 0.804. The van der Waals surface area contributed by atoms with Gasteiger partial charge in [-0.05, 0) is 50.3 Å². The van der Waals surface area contributed by atoms with Crippen LogP contribution < -0.4 is 20.7 Å². The first kappa shape index (κ1) is 20.7. The zero-order valence-electron chi connectivity index (χ0n) is 18.6. The van der Waals surface area contributed by atoms with Gasteiger partial charge in [-0.3, -0.25) is 4.79 Å². The number of thiophene rings is 1. The molecule has 0 unspecified atom stereocenters. The molecule has 0 spiro atoms. The molecule has 8 heteroatoms. The number of fused-ring (bicyclic) bond motifs is 3. The summed E-state index contributed by atoms with van der Waals surface area (Å²) in [6, 6.07) is 7.60. The number of benzene rings is 1. The highest BCUT2D eigenvalue weighted by molar-refractivity contribution is 7.21. The van der Waals surface area contributed by atoms with Crippen LogP contribution in [0.1, 0.15) is 46.6 Å². The van der Waals surface area contributed by atoms with Crippen LogP contribution in [0.3, 0.4) is 0 Å². The third-order valence-corrected chi connectivity index (χ3v) is 8.51. The van der Waals surface area contributed by atoms with E-state index in [0.29, 0.717) is 40.9 Å². The monoisotopic (exact) mass is 466 g/mol. The Morgan fingerprint density at radius 1 is 1.30 bits per heavy atom. The lowest BCUT2D eigenvalue weighted by Crippen LogP contribution is -2.43. The van der Waals surface area contributed by atoms with Gasteiger partial charge < -0.3 is 20.7 Å². The first-order valence-corrected chi connectivity index (χ1v) is 12.5. The zero-order valence-corrected chi connectivity index (χ0v) is 19.4. The number of halogens is 1. The lowest BCUT2D eigenvalue weighted by atomic mass is 10.0. The number of ether oxygens (including phenoxy) is 1. The van der Waals surface area contributed by atoms with E-state index in [1.54, 1.807) is 6.07 Å². The molecule has 33 heavy (non-hydrogen) atoms. The Balaban J connectivity index is 1.20. The maximum absolute atomic E-state index is 15.2. The number of nitrogens with two attached hydrogens (primary N) is 1. The molecular formula is C25H27FN4O2S. The molecule has 2 aromatic heterocycles. The SMILES string of the molecule is Cc1ccc2c(N)c(C(=O)N[C@H]3COc4cc(N5CC[C@H]6CCC[C@H]65)cc(F)c4C3)sc2n1. The molecule has 2 fully saturated rings. The van der Waals surface area contributed by atoms with E-state index < -0.39 is 0 Å². The van der Waals surface area contributed by atoms with Gasteiger partial charge in [-0.15, -0.1) is 11.3 Å². The first-order valence-electron chi connectivity index (χ1n) is 11.7. The van der Waals surface area contributed by atoms with E-state index in [1.807, 2.05) is 25.1 Å². The van der Waals surface area contributed by atoms with E-state index in [9.17, 15) is 4.79 Å². The predicted molar refractivity (Wildman–Crippen MR) is 129 cm³/mol.